The molecule has 9 nitrogen and oxygen atoms in total. The zero-order valence-electron chi connectivity index (χ0n) is 18.3. The van der Waals surface area contributed by atoms with Gasteiger partial charge in [0.2, 0.25) is 15.9 Å². The minimum atomic E-state index is -3.75. The summed E-state index contributed by atoms with van der Waals surface area (Å²) >= 11 is 1.00. The van der Waals surface area contributed by atoms with Gasteiger partial charge >= 0.3 is 4.87 Å². The summed E-state index contributed by atoms with van der Waals surface area (Å²) in [6, 6.07) is 11.7. The van der Waals surface area contributed by atoms with Crippen molar-refractivity contribution in [3.8, 4) is 0 Å². The van der Waals surface area contributed by atoms with Crippen LogP contribution in [0, 0.1) is 6.92 Å². The molecular weight excluding hydrogens is 464 g/mol. The topological polar surface area (TPSA) is 109 Å². The maximum atomic E-state index is 13.1. The van der Waals surface area contributed by atoms with Crippen molar-refractivity contribution < 1.29 is 18.0 Å². The molecule has 0 spiro atoms. The molecule has 1 aromatic heterocycles. The van der Waals surface area contributed by atoms with Gasteiger partial charge in [0, 0.05) is 38.8 Å². The smallest absolute Gasteiger partial charge is 0.307 e. The lowest BCUT2D eigenvalue weighted by Gasteiger charge is -2.34. The number of sulfonamides is 1. The molecule has 0 unspecified atom stereocenters. The molecule has 1 aliphatic rings. The summed E-state index contributed by atoms with van der Waals surface area (Å²) < 4.78 is 29.6. The number of hydrogen-bond acceptors (Lipinski definition) is 6. The Labute approximate surface area is 195 Å². The third kappa shape index (κ3) is 4.70. The Morgan fingerprint density at radius 2 is 1.70 bits per heavy atom. The van der Waals surface area contributed by atoms with Gasteiger partial charge in [-0.25, -0.2) is 8.42 Å². The summed E-state index contributed by atoms with van der Waals surface area (Å²) in [5.74, 6) is -0.592. The van der Waals surface area contributed by atoms with E-state index >= 15 is 0 Å². The standard InChI is InChI=1S/C22H24N4O5S2/c1-15-3-5-16(6-4-15)21(28)23-14-20(27)25-9-11-26(12-10-25)33(30,31)17-7-8-18-19(13-17)32-22(29)24(18)2/h3-8,13H,9-12,14H2,1-2H3,(H,23,28). The molecule has 0 saturated carbocycles. The predicted molar refractivity (Wildman–Crippen MR) is 126 cm³/mol. The average molecular weight is 489 g/mol. The normalized spacial score (nSPS) is 15.0. The molecule has 2 heterocycles. The number of carbonyl (C=O) groups is 2. The van der Waals surface area contributed by atoms with Crippen molar-refractivity contribution in [3.05, 3.63) is 63.3 Å². The number of thiazole rings is 1. The highest BCUT2D eigenvalue weighted by molar-refractivity contribution is 7.89. The molecule has 0 aliphatic carbocycles. The van der Waals surface area contributed by atoms with E-state index in [1.807, 2.05) is 19.1 Å². The molecule has 11 heteroatoms. The van der Waals surface area contributed by atoms with Gasteiger partial charge in [-0.05, 0) is 37.3 Å². The summed E-state index contributed by atoms with van der Waals surface area (Å²) in [5, 5.41) is 2.62. The van der Waals surface area contributed by atoms with Crippen LogP contribution >= 0.6 is 11.3 Å². The van der Waals surface area contributed by atoms with Gasteiger partial charge in [-0.1, -0.05) is 29.0 Å². The van der Waals surface area contributed by atoms with Crippen LogP contribution in [0.2, 0.25) is 0 Å². The van der Waals surface area contributed by atoms with Gasteiger partial charge in [0.05, 0.1) is 21.7 Å². The molecule has 0 radical (unpaired) electrons. The van der Waals surface area contributed by atoms with E-state index in [0.29, 0.717) is 15.8 Å². The number of piperazine rings is 1. The highest BCUT2D eigenvalue weighted by Gasteiger charge is 2.30. The number of hydrogen-bond donors (Lipinski definition) is 1. The molecule has 4 rings (SSSR count). The Kier molecular flexibility index (Phi) is 6.37. The summed E-state index contributed by atoms with van der Waals surface area (Å²) in [6.45, 7) is 2.56. The van der Waals surface area contributed by atoms with E-state index in [1.165, 1.54) is 21.0 Å². The quantitative estimate of drug-likeness (QED) is 0.580. The third-order valence-electron chi connectivity index (χ3n) is 5.71. The van der Waals surface area contributed by atoms with Crippen LogP contribution in [0.3, 0.4) is 0 Å². The fraction of sp³-hybridized carbons (Fsp3) is 0.318. The molecule has 1 saturated heterocycles. The number of benzene rings is 2. The van der Waals surface area contributed by atoms with Crippen molar-refractivity contribution in [2.75, 3.05) is 32.7 Å². The lowest BCUT2D eigenvalue weighted by Crippen LogP contribution is -2.52. The molecule has 1 fully saturated rings. The second-order valence-corrected chi connectivity index (χ2v) is 10.8. The Bertz CT molecular complexity index is 1370. The van der Waals surface area contributed by atoms with E-state index in [1.54, 1.807) is 30.1 Å². The van der Waals surface area contributed by atoms with E-state index in [9.17, 15) is 22.8 Å². The summed E-state index contributed by atoms with van der Waals surface area (Å²) in [4.78, 5) is 38.1. The van der Waals surface area contributed by atoms with Gasteiger partial charge in [-0.15, -0.1) is 0 Å². The Hall–Kier alpha value is -3.02. The number of nitrogens with zero attached hydrogens (tertiary/aromatic N) is 3. The number of carbonyl (C=O) groups excluding carboxylic acids is 2. The fourth-order valence-corrected chi connectivity index (χ4v) is 6.12. The summed E-state index contributed by atoms with van der Waals surface area (Å²) in [6.07, 6.45) is 0. The second-order valence-electron chi connectivity index (χ2n) is 7.89. The van der Waals surface area contributed by atoms with Gasteiger partial charge in [-0.3, -0.25) is 14.4 Å². The number of aromatic nitrogens is 1. The van der Waals surface area contributed by atoms with E-state index in [4.69, 9.17) is 0 Å². The van der Waals surface area contributed by atoms with Gasteiger partial charge < -0.3 is 14.8 Å². The predicted octanol–water partition coefficient (Wildman–Crippen LogP) is 1.17. The first-order valence-corrected chi connectivity index (χ1v) is 12.6. The van der Waals surface area contributed by atoms with E-state index < -0.39 is 10.0 Å². The number of fused-ring (bicyclic) bond motifs is 1. The lowest BCUT2D eigenvalue weighted by atomic mass is 10.1. The monoisotopic (exact) mass is 488 g/mol. The minimum absolute atomic E-state index is 0.127. The lowest BCUT2D eigenvalue weighted by molar-refractivity contribution is -0.131. The zero-order valence-corrected chi connectivity index (χ0v) is 19.9. The van der Waals surface area contributed by atoms with Crippen molar-refractivity contribution in [2.24, 2.45) is 7.05 Å². The zero-order chi connectivity index (χ0) is 23.8. The fourth-order valence-electron chi connectivity index (χ4n) is 3.68. The number of nitrogens with one attached hydrogen (secondary N) is 1. The largest absolute Gasteiger partial charge is 0.343 e. The first-order chi connectivity index (χ1) is 15.7. The van der Waals surface area contributed by atoms with Crippen LogP contribution in [0.15, 0.2) is 52.2 Å². The summed E-state index contributed by atoms with van der Waals surface area (Å²) in [7, 11) is -2.10. The SMILES string of the molecule is Cc1ccc(C(=O)NCC(=O)N2CCN(S(=O)(=O)c3ccc4c(c3)sc(=O)n4C)CC2)cc1. The van der Waals surface area contributed by atoms with Crippen LogP contribution in [-0.2, 0) is 21.9 Å². The van der Waals surface area contributed by atoms with Crippen LogP contribution in [-0.4, -0.2) is 66.7 Å². The van der Waals surface area contributed by atoms with Crippen molar-refractivity contribution in [1.82, 2.24) is 19.1 Å². The summed E-state index contributed by atoms with van der Waals surface area (Å²) in [5.41, 5.74) is 2.20. The number of rotatable bonds is 5. The van der Waals surface area contributed by atoms with Crippen molar-refractivity contribution in [2.45, 2.75) is 11.8 Å². The van der Waals surface area contributed by atoms with Crippen LogP contribution in [0.4, 0.5) is 0 Å². The minimum Gasteiger partial charge on any atom is -0.343 e. The van der Waals surface area contributed by atoms with Crippen molar-refractivity contribution in [1.29, 1.82) is 0 Å². The van der Waals surface area contributed by atoms with Crippen LogP contribution in [0.25, 0.3) is 10.2 Å². The van der Waals surface area contributed by atoms with E-state index in [2.05, 4.69) is 5.32 Å². The second kappa shape index (κ2) is 9.08. The molecule has 3 aromatic rings. The third-order valence-corrected chi connectivity index (χ3v) is 8.60. The van der Waals surface area contributed by atoms with Crippen LogP contribution < -0.4 is 10.2 Å². The van der Waals surface area contributed by atoms with E-state index in [-0.39, 0.29) is 54.3 Å². The number of aryl methyl sites for hydroxylation is 2. The van der Waals surface area contributed by atoms with Gasteiger partial charge in [0.1, 0.15) is 0 Å². The molecule has 33 heavy (non-hydrogen) atoms. The Morgan fingerprint density at radius 1 is 1.03 bits per heavy atom. The van der Waals surface area contributed by atoms with Gasteiger partial charge in [0.25, 0.3) is 5.91 Å². The molecular formula is C22H24N4O5S2. The average Bonchev–Trinajstić information content (AvgIpc) is 3.10. The highest BCUT2D eigenvalue weighted by Crippen LogP contribution is 2.24. The number of amides is 2. The first kappa shape index (κ1) is 23.1. The first-order valence-electron chi connectivity index (χ1n) is 10.4. The van der Waals surface area contributed by atoms with Crippen molar-refractivity contribution >= 4 is 43.4 Å². The Balaban J connectivity index is 1.35. The highest BCUT2D eigenvalue weighted by atomic mass is 32.2. The maximum Gasteiger partial charge on any atom is 0.307 e. The van der Waals surface area contributed by atoms with Crippen molar-refractivity contribution in [3.63, 3.8) is 0 Å². The molecule has 1 aliphatic heterocycles. The van der Waals surface area contributed by atoms with Gasteiger partial charge in [0.15, 0.2) is 0 Å². The molecule has 1 N–H and O–H groups in total. The van der Waals surface area contributed by atoms with Gasteiger partial charge in [-0.2, -0.15) is 4.31 Å². The maximum absolute atomic E-state index is 13.1. The molecule has 174 valence electrons. The Morgan fingerprint density at radius 3 is 2.36 bits per heavy atom. The molecule has 0 bridgehead atoms. The van der Waals surface area contributed by atoms with Crippen LogP contribution in [0.5, 0.6) is 0 Å². The van der Waals surface area contributed by atoms with Crippen LogP contribution in [0.1, 0.15) is 15.9 Å². The molecule has 2 amide bonds. The molecule has 2 aromatic carbocycles. The van der Waals surface area contributed by atoms with E-state index in [0.717, 1.165) is 16.9 Å². The molecule has 0 atom stereocenters.